The maximum atomic E-state index is 11.8. The minimum absolute atomic E-state index is 0.0603. The van der Waals surface area contributed by atoms with E-state index in [9.17, 15) is 17.6 Å². The van der Waals surface area contributed by atoms with E-state index < -0.39 is 37.6 Å². The van der Waals surface area contributed by atoms with Crippen LogP contribution in [-0.2, 0) is 0 Å². The Bertz CT molecular complexity index is 78.0. The van der Waals surface area contributed by atoms with Gasteiger partial charge in [-0.25, -0.2) is 0 Å². The van der Waals surface area contributed by atoms with Crippen LogP contribution in [0, 0.1) is 0 Å². The summed E-state index contributed by atoms with van der Waals surface area (Å²) in [4.78, 5) is 0. The summed E-state index contributed by atoms with van der Waals surface area (Å²) in [5.41, 5.74) is 0. The second-order valence-corrected chi connectivity index (χ2v) is 7.36. The molecule has 0 N–H and O–H groups in total. The molecule has 0 unspecified atom stereocenters. The molecule has 0 heterocycles. The molecule has 0 aliphatic heterocycles. The van der Waals surface area contributed by atoms with Gasteiger partial charge >= 0.3 is 64.0 Å². The fourth-order valence-electron chi connectivity index (χ4n) is 0.435. The van der Waals surface area contributed by atoms with Crippen LogP contribution in [0.1, 0.15) is 0 Å². The predicted octanol–water partition coefficient (Wildman–Crippen LogP) is 2.65. The number of halogens is 5. The molecule has 0 atom stereocenters. The van der Waals surface area contributed by atoms with Crippen molar-refractivity contribution < 1.29 is 17.6 Å². The molecule has 5 heteroatoms. The van der Waals surface area contributed by atoms with Gasteiger partial charge in [0.25, 0.3) is 0 Å². The van der Waals surface area contributed by atoms with E-state index in [2.05, 4.69) is 0 Å². The van der Waals surface area contributed by atoms with Crippen molar-refractivity contribution in [2.45, 2.75) is 6.43 Å². The van der Waals surface area contributed by atoms with E-state index in [4.69, 9.17) is 0 Å². The summed E-state index contributed by atoms with van der Waals surface area (Å²) in [6, 6.07) is 0. The summed E-state index contributed by atoms with van der Waals surface area (Å²) in [6.07, 6.45) is -2.45. The van der Waals surface area contributed by atoms with Crippen molar-refractivity contribution in [3.8, 4) is 0 Å². The van der Waals surface area contributed by atoms with Crippen molar-refractivity contribution in [2.75, 3.05) is 20.2 Å². The van der Waals surface area contributed by atoms with Crippen LogP contribution in [0.2, 0.25) is 0 Å². The second kappa shape index (κ2) is 6.18. The van der Waals surface area contributed by atoms with Gasteiger partial charge in [0.05, 0.1) is 0 Å². The first-order chi connectivity index (χ1) is 4.70. The van der Waals surface area contributed by atoms with E-state index in [1.54, 1.807) is 0 Å². The second-order valence-electron chi connectivity index (χ2n) is 1.59. The van der Waals surface area contributed by atoms with Gasteiger partial charge in [0.2, 0.25) is 0 Å². The zero-order chi connectivity index (χ0) is 7.98. The molecule has 0 aromatic rings. The topological polar surface area (TPSA) is 0 Å². The zero-order valence-corrected chi connectivity index (χ0v) is 7.45. The van der Waals surface area contributed by atoms with Gasteiger partial charge in [-0.2, -0.15) is 0 Å². The van der Waals surface area contributed by atoms with E-state index in [-0.39, 0.29) is 8.86 Å². The van der Waals surface area contributed by atoms with E-state index >= 15 is 0 Å². The van der Waals surface area contributed by atoms with Crippen LogP contribution in [0.3, 0.4) is 0 Å². The van der Waals surface area contributed by atoms with Crippen LogP contribution >= 0.6 is 19.8 Å². The summed E-state index contributed by atoms with van der Waals surface area (Å²) in [6.45, 7) is -0.651. The minimum atomic E-state index is -2.45. The molecular weight excluding hydrogens is 263 g/mol. The SMILES string of the molecule is FCCI(CF)CC(F)F. The zero-order valence-electron chi connectivity index (χ0n) is 5.30. The average Bonchev–Trinajstić information content (AvgIpc) is 1.86. The Morgan fingerprint density at radius 1 is 1.20 bits per heavy atom. The van der Waals surface area contributed by atoms with Crippen molar-refractivity contribution >= 4 is 19.8 Å². The molecule has 10 heavy (non-hydrogen) atoms. The number of rotatable bonds is 5. The predicted molar refractivity (Wildman–Crippen MR) is 41.7 cm³/mol. The maximum absolute atomic E-state index is 11.8. The van der Waals surface area contributed by atoms with Gasteiger partial charge in [0.1, 0.15) is 0 Å². The summed E-state index contributed by atoms with van der Waals surface area (Å²) in [5, 5.41) is 0. The molecule has 0 radical (unpaired) electrons. The third kappa shape index (κ3) is 5.25. The number of hydrogen-bond acceptors (Lipinski definition) is 0. The normalized spacial score (nSPS) is 12.3. The molecule has 0 nitrogen and oxygen atoms in total. The van der Waals surface area contributed by atoms with Gasteiger partial charge in [-0.1, -0.05) is 0 Å². The van der Waals surface area contributed by atoms with Crippen molar-refractivity contribution in [3.05, 3.63) is 0 Å². The molecule has 0 aromatic heterocycles. The van der Waals surface area contributed by atoms with E-state index in [1.807, 2.05) is 0 Å². The van der Waals surface area contributed by atoms with Gasteiger partial charge in [0, 0.05) is 0 Å². The van der Waals surface area contributed by atoms with Crippen LogP contribution in [0.25, 0.3) is 0 Å². The van der Waals surface area contributed by atoms with E-state index in [0.29, 0.717) is 0 Å². The molecule has 0 fully saturated rings. The molecule has 0 aliphatic carbocycles. The monoisotopic (exact) mass is 272 g/mol. The molecule has 0 amide bonds. The summed E-state index contributed by atoms with van der Waals surface area (Å²) < 4.78 is 45.4. The Hall–Kier alpha value is 0.450. The van der Waals surface area contributed by atoms with Crippen LogP contribution < -0.4 is 0 Å². The standard InChI is InChI=1S/C5H9F4I/c6-1-2-10(4-7)3-5(8)9/h5H,1-4H2. The van der Waals surface area contributed by atoms with E-state index in [0.717, 1.165) is 0 Å². The van der Waals surface area contributed by atoms with Crippen molar-refractivity contribution in [1.82, 2.24) is 0 Å². The van der Waals surface area contributed by atoms with Crippen LogP contribution in [-0.4, -0.2) is 26.6 Å². The fourth-order valence-corrected chi connectivity index (χ4v) is 2.92. The Morgan fingerprint density at radius 2 is 1.80 bits per heavy atom. The van der Waals surface area contributed by atoms with Crippen LogP contribution in [0.15, 0.2) is 0 Å². The van der Waals surface area contributed by atoms with Gasteiger partial charge in [-0.3, -0.25) is 0 Å². The Morgan fingerprint density at radius 3 is 2.10 bits per heavy atom. The van der Waals surface area contributed by atoms with Gasteiger partial charge in [-0.05, 0) is 0 Å². The van der Waals surface area contributed by atoms with Crippen molar-refractivity contribution in [3.63, 3.8) is 0 Å². The number of hydrogen-bond donors (Lipinski definition) is 0. The first-order valence-electron chi connectivity index (χ1n) is 2.68. The quantitative estimate of drug-likeness (QED) is 0.410. The molecule has 0 aliphatic rings. The summed E-state index contributed by atoms with van der Waals surface area (Å²) in [7, 11) is 0. The van der Waals surface area contributed by atoms with Crippen molar-refractivity contribution in [1.29, 1.82) is 0 Å². The molecule has 0 spiro atoms. The third-order valence-corrected chi connectivity index (χ3v) is 5.48. The Kier molecular flexibility index (Phi) is 6.46. The first-order valence-corrected chi connectivity index (χ1v) is 7.26. The molecule has 0 saturated heterocycles. The fraction of sp³-hybridized carbons (Fsp3) is 1.00. The van der Waals surface area contributed by atoms with Crippen LogP contribution in [0.4, 0.5) is 17.6 Å². The average molecular weight is 272 g/mol. The molecule has 0 rings (SSSR count). The summed E-state index contributed by atoms with van der Waals surface area (Å²) in [5.74, 6) is 0. The van der Waals surface area contributed by atoms with Crippen LogP contribution in [0.5, 0.6) is 0 Å². The van der Waals surface area contributed by atoms with Gasteiger partial charge < -0.3 is 0 Å². The van der Waals surface area contributed by atoms with Crippen molar-refractivity contribution in [2.24, 2.45) is 0 Å². The molecule has 0 bridgehead atoms. The molecular formula is C5H9F4I. The van der Waals surface area contributed by atoms with E-state index in [1.165, 1.54) is 0 Å². The molecule has 0 aromatic carbocycles. The van der Waals surface area contributed by atoms with Gasteiger partial charge in [-0.15, -0.1) is 0 Å². The molecule has 0 saturated carbocycles. The third-order valence-electron chi connectivity index (χ3n) is 0.816. The Labute approximate surface area is 64.4 Å². The van der Waals surface area contributed by atoms with Gasteiger partial charge in [0.15, 0.2) is 0 Å². The first kappa shape index (κ1) is 10.4. The summed E-state index contributed by atoms with van der Waals surface area (Å²) >= 11 is -2.22. The molecule has 64 valence electrons. The number of alkyl halides is 7. The Balaban J connectivity index is 3.39.